The molecular weight excluding hydrogens is 258 g/mol. The van der Waals surface area contributed by atoms with Crippen molar-refractivity contribution >= 4 is 0 Å². The van der Waals surface area contributed by atoms with E-state index in [0.717, 1.165) is 26.2 Å². The Bertz CT molecular complexity index is 295. The van der Waals surface area contributed by atoms with Gasteiger partial charge in [0.2, 0.25) is 0 Å². The third-order valence-corrected chi connectivity index (χ3v) is 4.33. The SMILES string of the molecule is CC(C)NC[C@H]1O[C@@H](CO)[C@@H](O)[C@H]1N1CCN(C)CC1. The zero-order valence-corrected chi connectivity index (χ0v) is 12.8. The molecule has 2 rings (SSSR count). The fraction of sp³-hybridized carbons (Fsp3) is 1.00. The van der Waals surface area contributed by atoms with Crippen LogP contribution in [0.1, 0.15) is 13.8 Å². The molecule has 0 aromatic rings. The lowest BCUT2D eigenvalue weighted by Crippen LogP contribution is -2.57. The van der Waals surface area contributed by atoms with E-state index in [-0.39, 0.29) is 18.8 Å². The van der Waals surface area contributed by atoms with Crippen molar-refractivity contribution in [3.05, 3.63) is 0 Å². The van der Waals surface area contributed by atoms with Gasteiger partial charge in [-0.3, -0.25) is 4.90 Å². The van der Waals surface area contributed by atoms with Gasteiger partial charge in [0.1, 0.15) is 12.2 Å². The third kappa shape index (κ3) is 3.69. The minimum Gasteiger partial charge on any atom is -0.394 e. The Morgan fingerprint density at radius 3 is 2.40 bits per heavy atom. The summed E-state index contributed by atoms with van der Waals surface area (Å²) >= 11 is 0. The van der Waals surface area contributed by atoms with Gasteiger partial charge in [0.05, 0.1) is 18.8 Å². The summed E-state index contributed by atoms with van der Waals surface area (Å²) in [5, 5.41) is 23.2. The second kappa shape index (κ2) is 7.15. The van der Waals surface area contributed by atoms with E-state index in [1.165, 1.54) is 0 Å². The molecule has 0 unspecified atom stereocenters. The van der Waals surface area contributed by atoms with Crippen LogP contribution in [0, 0.1) is 0 Å². The van der Waals surface area contributed by atoms with Gasteiger partial charge in [0, 0.05) is 38.8 Å². The van der Waals surface area contributed by atoms with Crippen LogP contribution in [0.3, 0.4) is 0 Å². The first kappa shape index (κ1) is 16.1. The molecule has 3 N–H and O–H groups in total. The van der Waals surface area contributed by atoms with Gasteiger partial charge < -0.3 is 25.2 Å². The van der Waals surface area contributed by atoms with E-state index in [1.54, 1.807) is 0 Å². The topological polar surface area (TPSA) is 68.2 Å². The van der Waals surface area contributed by atoms with E-state index in [4.69, 9.17) is 4.74 Å². The lowest BCUT2D eigenvalue weighted by molar-refractivity contribution is -0.0216. The smallest absolute Gasteiger partial charge is 0.109 e. The minimum atomic E-state index is -0.609. The van der Waals surface area contributed by atoms with Gasteiger partial charge in [0.25, 0.3) is 0 Å². The lowest BCUT2D eigenvalue weighted by atomic mass is 10.0. The predicted molar refractivity (Wildman–Crippen MR) is 77.8 cm³/mol. The quantitative estimate of drug-likeness (QED) is 0.585. The Kier molecular flexibility index (Phi) is 5.77. The summed E-state index contributed by atoms with van der Waals surface area (Å²) in [6.45, 7) is 8.69. The van der Waals surface area contributed by atoms with E-state index in [2.05, 4.69) is 36.0 Å². The molecule has 2 aliphatic heterocycles. The highest BCUT2D eigenvalue weighted by Crippen LogP contribution is 2.26. The average Bonchev–Trinajstić information content (AvgIpc) is 2.74. The maximum Gasteiger partial charge on any atom is 0.109 e. The molecule has 0 bridgehead atoms. The Hall–Kier alpha value is -0.240. The molecule has 0 spiro atoms. The van der Waals surface area contributed by atoms with E-state index < -0.39 is 12.2 Å². The number of nitrogens with zero attached hydrogens (tertiary/aromatic N) is 2. The van der Waals surface area contributed by atoms with Gasteiger partial charge in [-0.15, -0.1) is 0 Å². The average molecular weight is 287 g/mol. The molecule has 0 radical (unpaired) electrons. The van der Waals surface area contributed by atoms with Gasteiger partial charge in [0.15, 0.2) is 0 Å². The molecule has 6 nitrogen and oxygen atoms in total. The number of aliphatic hydroxyl groups excluding tert-OH is 2. The fourth-order valence-corrected chi connectivity index (χ4v) is 3.07. The number of ether oxygens (including phenoxy) is 1. The third-order valence-electron chi connectivity index (χ3n) is 4.33. The molecule has 6 heteroatoms. The Morgan fingerprint density at radius 1 is 1.20 bits per heavy atom. The maximum absolute atomic E-state index is 10.4. The van der Waals surface area contributed by atoms with Crippen molar-refractivity contribution in [3.8, 4) is 0 Å². The van der Waals surface area contributed by atoms with E-state index in [9.17, 15) is 10.2 Å². The van der Waals surface area contributed by atoms with E-state index >= 15 is 0 Å². The zero-order valence-electron chi connectivity index (χ0n) is 12.8. The highest BCUT2D eigenvalue weighted by atomic mass is 16.5. The van der Waals surface area contributed by atoms with Crippen LogP contribution in [0.5, 0.6) is 0 Å². The molecule has 118 valence electrons. The number of piperazine rings is 1. The van der Waals surface area contributed by atoms with E-state index in [1.807, 2.05) is 0 Å². The number of nitrogens with one attached hydrogen (secondary N) is 1. The maximum atomic E-state index is 10.4. The van der Waals surface area contributed by atoms with Gasteiger partial charge in [-0.05, 0) is 7.05 Å². The molecule has 0 aliphatic carbocycles. The zero-order chi connectivity index (χ0) is 14.7. The molecule has 0 aromatic heterocycles. The Labute approximate surface area is 121 Å². The molecule has 4 atom stereocenters. The standard InChI is InChI=1S/C14H29N3O3/c1-10(2)15-8-11-13(14(19)12(9-18)20-11)17-6-4-16(3)5-7-17/h10-15,18-19H,4-9H2,1-3H3/t11-,12+,13+,14-/m1/s1. The Morgan fingerprint density at radius 2 is 1.85 bits per heavy atom. The first-order valence-electron chi connectivity index (χ1n) is 7.63. The van der Waals surface area contributed by atoms with Crippen molar-refractivity contribution in [2.24, 2.45) is 0 Å². The summed E-state index contributed by atoms with van der Waals surface area (Å²) in [7, 11) is 2.12. The molecule has 0 saturated carbocycles. The molecule has 2 saturated heterocycles. The first-order chi connectivity index (χ1) is 9.52. The molecule has 20 heavy (non-hydrogen) atoms. The highest BCUT2D eigenvalue weighted by molar-refractivity contribution is 4.98. The number of hydrogen-bond donors (Lipinski definition) is 3. The van der Waals surface area contributed by atoms with Crippen LogP contribution in [-0.4, -0.2) is 96.8 Å². The molecule has 2 heterocycles. The summed E-state index contributed by atoms with van der Waals surface area (Å²) in [5.74, 6) is 0. The monoisotopic (exact) mass is 287 g/mol. The second-order valence-corrected chi connectivity index (χ2v) is 6.28. The molecule has 0 amide bonds. The molecular formula is C14H29N3O3. The summed E-state index contributed by atoms with van der Waals surface area (Å²) in [6, 6.07) is 0.365. The second-order valence-electron chi connectivity index (χ2n) is 6.28. The summed E-state index contributed by atoms with van der Waals surface area (Å²) < 4.78 is 5.85. The van der Waals surface area contributed by atoms with Crippen LogP contribution in [-0.2, 0) is 4.74 Å². The highest BCUT2D eigenvalue weighted by Gasteiger charge is 2.46. The van der Waals surface area contributed by atoms with Crippen LogP contribution in [0.4, 0.5) is 0 Å². The van der Waals surface area contributed by atoms with Crippen molar-refractivity contribution in [3.63, 3.8) is 0 Å². The summed E-state index contributed by atoms with van der Waals surface area (Å²) in [4.78, 5) is 4.61. The predicted octanol–water partition coefficient (Wildman–Crippen LogP) is -1.28. The van der Waals surface area contributed by atoms with Crippen LogP contribution < -0.4 is 5.32 Å². The van der Waals surface area contributed by atoms with Crippen LogP contribution in [0.15, 0.2) is 0 Å². The number of rotatable bonds is 5. The van der Waals surface area contributed by atoms with Crippen molar-refractivity contribution < 1.29 is 14.9 Å². The number of hydrogen-bond acceptors (Lipinski definition) is 6. The lowest BCUT2D eigenvalue weighted by Gasteiger charge is -2.39. The van der Waals surface area contributed by atoms with Crippen LogP contribution >= 0.6 is 0 Å². The van der Waals surface area contributed by atoms with Crippen molar-refractivity contribution in [2.75, 3.05) is 46.4 Å². The van der Waals surface area contributed by atoms with Gasteiger partial charge in [-0.1, -0.05) is 13.8 Å². The van der Waals surface area contributed by atoms with Gasteiger partial charge in [-0.2, -0.15) is 0 Å². The van der Waals surface area contributed by atoms with Crippen molar-refractivity contribution in [1.82, 2.24) is 15.1 Å². The largest absolute Gasteiger partial charge is 0.394 e. The molecule has 2 aliphatic rings. The molecule has 0 aromatic carbocycles. The molecule has 2 fully saturated rings. The normalized spacial score (nSPS) is 36.9. The Balaban J connectivity index is 2.00. The number of aliphatic hydroxyl groups is 2. The first-order valence-corrected chi connectivity index (χ1v) is 7.63. The fourth-order valence-electron chi connectivity index (χ4n) is 3.07. The van der Waals surface area contributed by atoms with Crippen molar-refractivity contribution in [1.29, 1.82) is 0 Å². The van der Waals surface area contributed by atoms with E-state index in [0.29, 0.717) is 12.6 Å². The minimum absolute atomic E-state index is 0.0212. The van der Waals surface area contributed by atoms with Crippen LogP contribution in [0.2, 0.25) is 0 Å². The summed E-state index contributed by atoms with van der Waals surface area (Å²) in [6.07, 6.45) is -1.13. The van der Waals surface area contributed by atoms with Crippen LogP contribution in [0.25, 0.3) is 0 Å². The van der Waals surface area contributed by atoms with Gasteiger partial charge >= 0.3 is 0 Å². The summed E-state index contributed by atoms with van der Waals surface area (Å²) in [5.41, 5.74) is 0. The van der Waals surface area contributed by atoms with Gasteiger partial charge in [-0.25, -0.2) is 0 Å². The number of likely N-dealkylation sites (N-methyl/N-ethyl adjacent to an activating group) is 1. The van der Waals surface area contributed by atoms with Crippen molar-refractivity contribution in [2.45, 2.75) is 44.2 Å².